The molecule has 5 heteroatoms. The highest BCUT2D eigenvalue weighted by Crippen LogP contribution is 2.12. The van der Waals surface area contributed by atoms with Crippen LogP contribution < -0.4 is 4.74 Å². The number of nitrogens with zero attached hydrogens (tertiary/aromatic N) is 3. The van der Waals surface area contributed by atoms with E-state index in [1.807, 2.05) is 19.1 Å². The molecule has 0 aliphatic carbocycles. The molecule has 0 aliphatic rings. The summed E-state index contributed by atoms with van der Waals surface area (Å²) in [4.78, 5) is 12.9. The number of aryl methyl sites for hydroxylation is 1. The van der Waals surface area contributed by atoms with Crippen LogP contribution in [0.5, 0.6) is 5.88 Å². The van der Waals surface area contributed by atoms with Gasteiger partial charge in [-0.05, 0) is 18.1 Å². The summed E-state index contributed by atoms with van der Waals surface area (Å²) in [6.45, 7) is 1.95. The Morgan fingerprint density at radius 1 is 1.22 bits per heavy atom. The molecule has 0 N–H and O–H groups in total. The topological polar surface area (TPSA) is 47.9 Å². The second kappa shape index (κ2) is 5.78. The van der Waals surface area contributed by atoms with Crippen molar-refractivity contribution in [3.8, 4) is 5.88 Å². The minimum atomic E-state index is 0.405. The second-order valence-corrected chi connectivity index (χ2v) is 4.20. The van der Waals surface area contributed by atoms with E-state index in [0.29, 0.717) is 18.2 Å². The van der Waals surface area contributed by atoms with E-state index < -0.39 is 0 Å². The van der Waals surface area contributed by atoms with Crippen molar-refractivity contribution in [2.45, 2.75) is 19.2 Å². The number of methoxy groups -OCH3 is 1. The van der Waals surface area contributed by atoms with E-state index in [1.54, 1.807) is 19.5 Å². The quantitative estimate of drug-likeness (QED) is 0.796. The Balaban J connectivity index is 2.17. The van der Waals surface area contributed by atoms with Gasteiger partial charge < -0.3 is 4.74 Å². The molecule has 0 amide bonds. The van der Waals surface area contributed by atoms with Crippen LogP contribution in [-0.2, 0) is 12.3 Å². The number of ether oxygens (including phenoxy) is 1. The lowest BCUT2D eigenvalue weighted by Gasteiger charge is -2.05. The standard InChI is InChI=1S/C13H14ClN3O/c1-9-7-15-12(17-11(9)6-14)5-10-3-4-13(18-2)16-8-10/h3-4,7-8H,5-6H2,1-2H3. The molecule has 0 aliphatic heterocycles. The van der Waals surface area contributed by atoms with Gasteiger partial charge in [-0.2, -0.15) is 0 Å². The lowest BCUT2D eigenvalue weighted by molar-refractivity contribution is 0.397. The molecule has 94 valence electrons. The molecule has 2 rings (SSSR count). The van der Waals surface area contributed by atoms with Crippen molar-refractivity contribution in [3.63, 3.8) is 0 Å². The number of pyridine rings is 1. The van der Waals surface area contributed by atoms with Gasteiger partial charge in [-0.1, -0.05) is 6.07 Å². The summed E-state index contributed by atoms with van der Waals surface area (Å²) < 4.78 is 5.01. The van der Waals surface area contributed by atoms with E-state index in [4.69, 9.17) is 16.3 Å². The molecule has 2 aromatic heterocycles. The van der Waals surface area contributed by atoms with E-state index in [-0.39, 0.29) is 0 Å². The molecule has 0 fully saturated rings. The Kier molecular flexibility index (Phi) is 4.10. The van der Waals surface area contributed by atoms with E-state index in [0.717, 1.165) is 22.6 Å². The van der Waals surface area contributed by atoms with Gasteiger partial charge in [-0.15, -0.1) is 11.6 Å². The van der Waals surface area contributed by atoms with Crippen LogP contribution in [0.15, 0.2) is 24.5 Å². The van der Waals surface area contributed by atoms with Crippen LogP contribution in [0.25, 0.3) is 0 Å². The second-order valence-electron chi connectivity index (χ2n) is 3.94. The summed E-state index contributed by atoms with van der Waals surface area (Å²) in [5, 5.41) is 0. The van der Waals surface area contributed by atoms with E-state index in [1.165, 1.54) is 0 Å². The van der Waals surface area contributed by atoms with E-state index in [2.05, 4.69) is 15.0 Å². The van der Waals surface area contributed by atoms with Crippen molar-refractivity contribution < 1.29 is 4.74 Å². The minimum absolute atomic E-state index is 0.405. The first-order valence-electron chi connectivity index (χ1n) is 5.59. The smallest absolute Gasteiger partial charge is 0.212 e. The van der Waals surface area contributed by atoms with Crippen LogP contribution in [0.1, 0.15) is 22.6 Å². The van der Waals surface area contributed by atoms with Crippen LogP contribution in [0.2, 0.25) is 0 Å². The van der Waals surface area contributed by atoms with Gasteiger partial charge in [-0.3, -0.25) is 0 Å². The maximum Gasteiger partial charge on any atom is 0.212 e. The molecule has 0 atom stereocenters. The maximum absolute atomic E-state index is 5.83. The van der Waals surface area contributed by atoms with Crippen LogP contribution in [-0.4, -0.2) is 22.1 Å². The normalized spacial score (nSPS) is 10.4. The van der Waals surface area contributed by atoms with Crippen LogP contribution in [0, 0.1) is 6.92 Å². The van der Waals surface area contributed by atoms with Gasteiger partial charge in [0.1, 0.15) is 5.82 Å². The van der Waals surface area contributed by atoms with Gasteiger partial charge in [0, 0.05) is 24.9 Å². The summed E-state index contributed by atoms with van der Waals surface area (Å²) in [5.41, 5.74) is 2.94. The fourth-order valence-corrected chi connectivity index (χ4v) is 1.83. The molecule has 0 radical (unpaired) electrons. The van der Waals surface area contributed by atoms with Crippen molar-refractivity contribution in [1.29, 1.82) is 0 Å². The van der Waals surface area contributed by atoms with Crippen LogP contribution >= 0.6 is 11.6 Å². The zero-order valence-electron chi connectivity index (χ0n) is 10.4. The molecule has 0 spiro atoms. The first-order chi connectivity index (χ1) is 8.72. The van der Waals surface area contributed by atoms with Crippen molar-refractivity contribution in [3.05, 3.63) is 47.2 Å². The van der Waals surface area contributed by atoms with Crippen LogP contribution in [0.3, 0.4) is 0 Å². The first-order valence-corrected chi connectivity index (χ1v) is 6.12. The highest BCUT2D eigenvalue weighted by atomic mass is 35.5. The summed E-state index contributed by atoms with van der Waals surface area (Å²) in [7, 11) is 1.60. The zero-order valence-corrected chi connectivity index (χ0v) is 11.1. The fraction of sp³-hybridized carbons (Fsp3) is 0.308. The SMILES string of the molecule is COc1ccc(Cc2ncc(C)c(CCl)n2)cn1. The van der Waals surface area contributed by atoms with Gasteiger partial charge in [0.15, 0.2) is 0 Å². The molecule has 0 saturated heterocycles. The summed E-state index contributed by atoms with van der Waals surface area (Å²) >= 11 is 5.83. The van der Waals surface area contributed by atoms with Gasteiger partial charge in [0.05, 0.1) is 18.7 Å². The number of aromatic nitrogens is 3. The Bertz CT molecular complexity index is 528. The predicted molar refractivity (Wildman–Crippen MR) is 69.9 cm³/mol. The third-order valence-corrected chi connectivity index (χ3v) is 2.88. The zero-order chi connectivity index (χ0) is 13.0. The largest absolute Gasteiger partial charge is 0.481 e. The molecule has 0 saturated carbocycles. The number of alkyl halides is 1. The van der Waals surface area contributed by atoms with E-state index in [9.17, 15) is 0 Å². The Morgan fingerprint density at radius 2 is 2.06 bits per heavy atom. The number of hydrogen-bond acceptors (Lipinski definition) is 4. The summed E-state index contributed by atoms with van der Waals surface area (Å²) in [6.07, 6.45) is 4.21. The average molecular weight is 264 g/mol. The van der Waals surface area contributed by atoms with Crippen molar-refractivity contribution in [2.24, 2.45) is 0 Å². The lowest BCUT2D eigenvalue weighted by Crippen LogP contribution is -2.02. The van der Waals surface area contributed by atoms with Crippen molar-refractivity contribution in [2.75, 3.05) is 7.11 Å². The van der Waals surface area contributed by atoms with Gasteiger partial charge >= 0.3 is 0 Å². The first kappa shape index (κ1) is 12.8. The van der Waals surface area contributed by atoms with E-state index >= 15 is 0 Å². The highest BCUT2D eigenvalue weighted by molar-refractivity contribution is 6.16. The molecule has 0 aromatic carbocycles. The average Bonchev–Trinajstić information content (AvgIpc) is 2.42. The molecule has 4 nitrogen and oxygen atoms in total. The predicted octanol–water partition coefficient (Wildman–Crippen LogP) is 2.52. The molecular formula is C13H14ClN3O. The molecule has 2 heterocycles. The number of rotatable bonds is 4. The van der Waals surface area contributed by atoms with Gasteiger partial charge in [0.25, 0.3) is 0 Å². The highest BCUT2D eigenvalue weighted by Gasteiger charge is 2.04. The fourth-order valence-electron chi connectivity index (χ4n) is 1.56. The number of hydrogen-bond donors (Lipinski definition) is 0. The molecule has 18 heavy (non-hydrogen) atoms. The Hall–Kier alpha value is -1.68. The monoisotopic (exact) mass is 263 g/mol. The number of halogens is 1. The summed E-state index contributed by atoms with van der Waals surface area (Å²) in [5.74, 6) is 1.76. The Morgan fingerprint density at radius 3 is 2.67 bits per heavy atom. The van der Waals surface area contributed by atoms with Crippen LogP contribution in [0.4, 0.5) is 0 Å². The van der Waals surface area contributed by atoms with Gasteiger partial charge in [0.2, 0.25) is 5.88 Å². The lowest BCUT2D eigenvalue weighted by atomic mass is 10.2. The molecule has 0 bridgehead atoms. The molecular weight excluding hydrogens is 250 g/mol. The third kappa shape index (κ3) is 2.96. The minimum Gasteiger partial charge on any atom is -0.481 e. The maximum atomic E-state index is 5.83. The Labute approximate surface area is 111 Å². The molecule has 2 aromatic rings. The summed E-state index contributed by atoms with van der Waals surface area (Å²) in [6, 6.07) is 3.78. The van der Waals surface area contributed by atoms with Crippen molar-refractivity contribution >= 4 is 11.6 Å². The van der Waals surface area contributed by atoms with Crippen molar-refractivity contribution in [1.82, 2.24) is 15.0 Å². The third-order valence-electron chi connectivity index (χ3n) is 2.62. The molecule has 0 unspecified atom stereocenters. The van der Waals surface area contributed by atoms with Gasteiger partial charge in [-0.25, -0.2) is 15.0 Å².